The van der Waals surface area contributed by atoms with Crippen LogP contribution in [0.1, 0.15) is 51.6 Å². The van der Waals surface area contributed by atoms with Crippen LogP contribution in [0.25, 0.3) is 0 Å². The van der Waals surface area contributed by atoms with Gasteiger partial charge in [-0.25, -0.2) is 8.42 Å². The van der Waals surface area contributed by atoms with Crippen molar-refractivity contribution in [2.45, 2.75) is 43.4 Å². The number of sulfone groups is 1. The van der Waals surface area contributed by atoms with Gasteiger partial charge in [-0.2, -0.15) is 0 Å². The van der Waals surface area contributed by atoms with Gasteiger partial charge in [0.25, 0.3) is 0 Å². The van der Waals surface area contributed by atoms with Crippen molar-refractivity contribution in [3.8, 4) is 0 Å². The quantitative estimate of drug-likeness (QED) is 0.313. The molecule has 4 atom stereocenters. The van der Waals surface area contributed by atoms with E-state index >= 15 is 0 Å². The van der Waals surface area contributed by atoms with Crippen molar-refractivity contribution in [1.82, 2.24) is 4.90 Å². The highest BCUT2D eigenvalue weighted by Gasteiger charge is 2.59. The van der Waals surface area contributed by atoms with Gasteiger partial charge in [0.1, 0.15) is 5.25 Å². The zero-order chi connectivity index (χ0) is 26.9. The average molecular weight is 540 g/mol. The number of carbonyl (C=O) groups is 2. The van der Waals surface area contributed by atoms with E-state index in [-0.39, 0.29) is 12.2 Å². The van der Waals surface area contributed by atoms with Crippen LogP contribution in [0.15, 0.2) is 72.8 Å². The first-order valence-electron chi connectivity index (χ1n) is 12.1. The fourth-order valence-corrected chi connectivity index (χ4v) is 7.89. The highest BCUT2D eigenvalue weighted by molar-refractivity contribution is 7.94. The molecular formula is C29H30ClNO5S. The van der Waals surface area contributed by atoms with Gasteiger partial charge in [-0.3, -0.25) is 14.5 Å². The normalized spacial score (nSPS) is 23.4. The molecule has 0 saturated carbocycles. The van der Waals surface area contributed by atoms with Crippen LogP contribution in [-0.4, -0.2) is 49.2 Å². The second kappa shape index (κ2) is 10.8. The summed E-state index contributed by atoms with van der Waals surface area (Å²) in [5.41, 5.74) is 3.31. The van der Waals surface area contributed by atoms with Crippen molar-refractivity contribution in [2.24, 2.45) is 0 Å². The molecule has 1 aliphatic rings. The van der Waals surface area contributed by atoms with E-state index in [1.807, 2.05) is 67.3 Å². The monoisotopic (exact) mass is 539 g/mol. The number of carbonyl (C=O) groups excluding carboxylic acids is 2. The number of hydrogen-bond acceptors (Lipinski definition) is 6. The van der Waals surface area contributed by atoms with Gasteiger partial charge >= 0.3 is 5.97 Å². The van der Waals surface area contributed by atoms with Crippen molar-refractivity contribution in [3.05, 3.63) is 106 Å². The lowest BCUT2D eigenvalue weighted by molar-refractivity contribution is -0.144. The Kier molecular flexibility index (Phi) is 7.88. The lowest BCUT2D eigenvalue weighted by Crippen LogP contribution is -2.59. The van der Waals surface area contributed by atoms with Gasteiger partial charge in [0.2, 0.25) is 0 Å². The van der Waals surface area contributed by atoms with Gasteiger partial charge in [0.15, 0.2) is 20.9 Å². The maximum absolute atomic E-state index is 14.5. The van der Waals surface area contributed by atoms with Crippen LogP contribution in [0.3, 0.4) is 0 Å². The number of aryl methyl sites for hydroxylation is 2. The summed E-state index contributed by atoms with van der Waals surface area (Å²) in [6.07, 6.45) is 0. The molecule has 0 spiro atoms. The molecule has 0 bridgehead atoms. The second-order valence-electron chi connectivity index (χ2n) is 9.32. The molecule has 1 heterocycles. The van der Waals surface area contributed by atoms with Crippen molar-refractivity contribution in [3.63, 3.8) is 0 Å². The molecule has 3 aromatic carbocycles. The number of rotatable bonds is 6. The molecule has 0 unspecified atom stereocenters. The summed E-state index contributed by atoms with van der Waals surface area (Å²) in [7, 11) is -2.63. The largest absolute Gasteiger partial charge is 0.465 e. The van der Waals surface area contributed by atoms with Crippen molar-refractivity contribution < 1.29 is 22.7 Å². The van der Waals surface area contributed by atoms with Gasteiger partial charge in [0, 0.05) is 10.6 Å². The van der Waals surface area contributed by atoms with Crippen LogP contribution in [0.5, 0.6) is 0 Å². The van der Waals surface area contributed by atoms with Crippen LogP contribution in [0.2, 0.25) is 5.02 Å². The Morgan fingerprint density at radius 2 is 1.32 bits per heavy atom. The molecular weight excluding hydrogens is 510 g/mol. The molecule has 8 heteroatoms. The Morgan fingerprint density at radius 1 is 0.838 bits per heavy atom. The number of ketones is 1. The Bertz CT molecular complexity index is 1420. The minimum Gasteiger partial charge on any atom is -0.465 e. The summed E-state index contributed by atoms with van der Waals surface area (Å²) in [6, 6.07) is 19.2. The smallest absolute Gasteiger partial charge is 0.326 e. The molecule has 1 fully saturated rings. The maximum atomic E-state index is 14.5. The third-order valence-corrected chi connectivity index (χ3v) is 9.67. The topological polar surface area (TPSA) is 80.8 Å². The summed E-state index contributed by atoms with van der Waals surface area (Å²) >= 11 is 6.03. The minimum absolute atomic E-state index is 0.0199. The second-order valence-corrected chi connectivity index (χ2v) is 12.0. The molecule has 0 radical (unpaired) electrons. The molecule has 0 amide bonds. The van der Waals surface area contributed by atoms with Gasteiger partial charge in [-0.15, -0.1) is 0 Å². The molecule has 194 valence electrons. The Labute approximate surface area is 223 Å². The standard InChI is InChI=1S/C29H30ClNO5S/c1-5-36-29(33)28-25(23-13-9-7-11-19(23)3)31(4)24(22-12-8-6-10-18(22)2)27(37(28,34)35)26(32)20-14-16-21(30)17-15-20/h6-17,24-25,27-28H,5H2,1-4H3/t24-,25+,27+,28-/m1/s1. The summed E-state index contributed by atoms with van der Waals surface area (Å²) in [4.78, 5) is 29.2. The number of hydrogen-bond donors (Lipinski definition) is 0. The van der Waals surface area contributed by atoms with Crippen LogP contribution in [0.4, 0.5) is 0 Å². The molecule has 0 aliphatic carbocycles. The lowest BCUT2D eigenvalue weighted by Gasteiger charge is -2.47. The van der Waals surface area contributed by atoms with Gasteiger partial charge < -0.3 is 4.74 Å². The highest BCUT2D eigenvalue weighted by Crippen LogP contribution is 2.47. The molecule has 0 aromatic heterocycles. The number of halogens is 1. The fourth-order valence-electron chi connectivity index (χ4n) is 5.28. The van der Waals surface area contributed by atoms with E-state index < -0.39 is 44.2 Å². The molecule has 6 nitrogen and oxygen atoms in total. The van der Waals surface area contributed by atoms with E-state index in [1.54, 1.807) is 26.1 Å². The molecule has 4 rings (SSSR count). The van der Waals surface area contributed by atoms with Gasteiger partial charge in [-0.1, -0.05) is 60.1 Å². The number of ether oxygens (including phenoxy) is 1. The maximum Gasteiger partial charge on any atom is 0.326 e. The van der Waals surface area contributed by atoms with Gasteiger partial charge in [0.05, 0.1) is 18.7 Å². The van der Waals surface area contributed by atoms with Crippen LogP contribution >= 0.6 is 11.6 Å². The minimum atomic E-state index is -4.40. The number of Topliss-reactive ketones (excluding diaryl/α,β-unsaturated/α-hetero) is 1. The third-order valence-electron chi connectivity index (χ3n) is 7.08. The number of benzene rings is 3. The predicted molar refractivity (Wildman–Crippen MR) is 145 cm³/mol. The third kappa shape index (κ3) is 4.96. The van der Waals surface area contributed by atoms with Crippen LogP contribution in [-0.2, 0) is 19.4 Å². The lowest BCUT2D eigenvalue weighted by atomic mass is 9.89. The average Bonchev–Trinajstić information content (AvgIpc) is 2.86. The SMILES string of the molecule is CCOC(=O)[C@H]1[C@H](c2ccccc2C)N(C)[C@H](c2ccccc2C)[C@@H](C(=O)c2ccc(Cl)cc2)S1(=O)=O. The summed E-state index contributed by atoms with van der Waals surface area (Å²) in [5.74, 6) is -1.45. The molecule has 0 N–H and O–H groups in total. The van der Waals surface area contributed by atoms with E-state index in [0.29, 0.717) is 16.1 Å². The van der Waals surface area contributed by atoms with E-state index in [0.717, 1.165) is 11.1 Å². The van der Waals surface area contributed by atoms with Crippen LogP contribution in [0, 0.1) is 13.8 Å². The van der Waals surface area contributed by atoms with Crippen molar-refractivity contribution in [2.75, 3.05) is 13.7 Å². The van der Waals surface area contributed by atoms with Gasteiger partial charge in [-0.05, 0) is 74.3 Å². The first-order chi connectivity index (χ1) is 17.6. The first-order valence-corrected chi connectivity index (χ1v) is 14.1. The summed E-state index contributed by atoms with van der Waals surface area (Å²) in [5, 5.41) is -2.69. The van der Waals surface area contributed by atoms with Crippen molar-refractivity contribution in [1.29, 1.82) is 0 Å². The van der Waals surface area contributed by atoms with E-state index in [2.05, 4.69) is 0 Å². The molecule has 1 aliphatic heterocycles. The first kappa shape index (κ1) is 27.0. The Hall–Kier alpha value is -3.00. The molecule has 3 aromatic rings. The zero-order valence-corrected chi connectivity index (χ0v) is 22.8. The molecule has 37 heavy (non-hydrogen) atoms. The summed E-state index contributed by atoms with van der Waals surface area (Å²) in [6.45, 7) is 5.42. The zero-order valence-electron chi connectivity index (χ0n) is 21.2. The molecule has 1 saturated heterocycles. The number of nitrogens with zero attached hydrogens (tertiary/aromatic N) is 1. The summed E-state index contributed by atoms with van der Waals surface area (Å²) < 4.78 is 34.2. The van der Waals surface area contributed by atoms with E-state index in [1.165, 1.54) is 12.1 Å². The number of esters is 1. The Morgan fingerprint density at radius 3 is 1.81 bits per heavy atom. The predicted octanol–water partition coefficient (Wildman–Crippen LogP) is 5.28. The highest BCUT2D eigenvalue weighted by atomic mass is 35.5. The van der Waals surface area contributed by atoms with Crippen LogP contribution < -0.4 is 0 Å². The van der Waals surface area contributed by atoms with Crippen molar-refractivity contribution >= 4 is 33.2 Å². The van der Waals surface area contributed by atoms with E-state index in [4.69, 9.17) is 16.3 Å². The Balaban J connectivity index is 2.00. The fraction of sp³-hybridized carbons (Fsp3) is 0.310. The van der Waals surface area contributed by atoms with E-state index in [9.17, 15) is 18.0 Å².